The Morgan fingerprint density at radius 1 is 1.21 bits per heavy atom. The van der Waals surface area contributed by atoms with Crippen molar-refractivity contribution in [1.29, 1.82) is 0 Å². The van der Waals surface area contributed by atoms with E-state index in [2.05, 4.69) is 10.3 Å². The molecule has 0 aliphatic heterocycles. The predicted molar refractivity (Wildman–Crippen MR) is 69.7 cm³/mol. The molecule has 0 fully saturated rings. The summed E-state index contributed by atoms with van der Waals surface area (Å²) in [6.45, 7) is 5.66. The maximum atomic E-state index is 12.4. The summed E-state index contributed by atoms with van der Waals surface area (Å²) in [5.41, 5.74) is 1.43. The molecular weight excluding hydrogens is 266 g/mol. The van der Waals surface area contributed by atoms with Crippen LogP contribution in [0.4, 0.5) is 0 Å². The van der Waals surface area contributed by atoms with Gasteiger partial charge >= 0.3 is 0 Å². The lowest BCUT2D eigenvalue weighted by Crippen LogP contribution is -2.16. The van der Waals surface area contributed by atoms with Gasteiger partial charge in [0, 0.05) is 0 Å². The van der Waals surface area contributed by atoms with E-state index in [-0.39, 0.29) is 10.8 Å². The van der Waals surface area contributed by atoms with Gasteiger partial charge in [0.2, 0.25) is 0 Å². The molecule has 1 aromatic heterocycles. The first-order chi connectivity index (χ1) is 8.96. The smallest absolute Gasteiger partial charge is 0.287 e. The molecule has 1 aromatic carbocycles. The van der Waals surface area contributed by atoms with Crippen LogP contribution in [0.3, 0.4) is 0 Å². The minimum atomic E-state index is -3.77. The molecule has 0 unspecified atom stereocenters. The second kappa shape index (κ2) is 5.00. The third-order valence-corrected chi connectivity index (χ3v) is 4.15. The van der Waals surface area contributed by atoms with Gasteiger partial charge in [0.15, 0.2) is 0 Å². The van der Waals surface area contributed by atoms with Gasteiger partial charge in [-0.1, -0.05) is 21.8 Å². The van der Waals surface area contributed by atoms with Crippen LogP contribution in [0.2, 0.25) is 0 Å². The Hall–Kier alpha value is -1.89. The molecule has 2 aromatic rings. The van der Waals surface area contributed by atoms with E-state index >= 15 is 0 Å². The first-order valence-corrected chi connectivity index (χ1v) is 7.28. The maximum absolute atomic E-state index is 12.4. The van der Waals surface area contributed by atoms with Gasteiger partial charge in [-0.15, -0.1) is 5.10 Å². The van der Waals surface area contributed by atoms with E-state index in [0.717, 1.165) is 9.65 Å². The Balaban J connectivity index is 2.53. The fourth-order valence-corrected chi connectivity index (χ4v) is 2.81. The van der Waals surface area contributed by atoms with Gasteiger partial charge in [-0.05, 0) is 38.1 Å². The highest BCUT2D eigenvalue weighted by Crippen LogP contribution is 2.21. The van der Waals surface area contributed by atoms with Crippen molar-refractivity contribution in [3.8, 4) is 5.88 Å². The third kappa shape index (κ3) is 2.46. The quantitative estimate of drug-likeness (QED) is 0.849. The van der Waals surface area contributed by atoms with E-state index in [0.29, 0.717) is 12.3 Å². The molecule has 0 radical (unpaired) electrons. The minimum Gasteiger partial charge on any atom is -0.476 e. The van der Waals surface area contributed by atoms with Crippen LogP contribution in [-0.2, 0) is 10.0 Å². The Kier molecular flexibility index (Phi) is 3.57. The zero-order valence-electron chi connectivity index (χ0n) is 11.0. The summed E-state index contributed by atoms with van der Waals surface area (Å²) in [5, 5.41) is 7.41. The van der Waals surface area contributed by atoms with E-state index in [4.69, 9.17) is 4.74 Å². The van der Waals surface area contributed by atoms with Crippen molar-refractivity contribution in [3.63, 3.8) is 0 Å². The minimum absolute atomic E-state index is 0.156. The second-order valence-corrected chi connectivity index (χ2v) is 5.84. The van der Waals surface area contributed by atoms with Crippen molar-refractivity contribution in [2.24, 2.45) is 0 Å². The van der Waals surface area contributed by atoms with Crippen LogP contribution >= 0.6 is 0 Å². The van der Waals surface area contributed by atoms with Crippen LogP contribution in [0.25, 0.3) is 0 Å². The summed E-state index contributed by atoms with van der Waals surface area (Å²) >= 11 is 0. The van der Waals surface area contributed by atoms with Crippen molar-refractivity contribution in [2.45, 2.75) is 25.7 Å². The molecule has 0 saturated carbocycles. The summed E-state index contributed by atoms with van der Waals surface area (Å²) in [6, 6.07) is 6.54. The fourth-order valence-electron chi connectivity index (χ4n) is 1.59. The van der Waals surface area contributed by atoms with Gasteiger partial charge < -0.3 is 4.74 Å². The lowest BCUT2D eigenvalue weighted by molar-refractivity contribution is 0.318. The molecule has 0 spiro atoms. The number of rotatable bonds is 4. The Morgan fingerprint density at radius 2 is 1.84 bits per heavy atom. The highest BCUT2D eigenvalue weighted by molar-refractivity contribution is 7.90. The van der Waals surface area contributed by atoms with Gasteiger partial charge in [-0.2, -0.15) is 8.42 Å². The molecule has 0 N–H and O–H groups in total. The van der Waals surface area contributed by atoms with Gasteiger partial charge in [0.1, 0.15) is 5.69 Å². The zero-order chi connectivity index (χ0) is 14.0. The van der Waals surface area contributed by atoms with Gasteiger partial charge in [0.25, 0.3) is 15.9 Å². The molecule has 102 valence electrons. The molecule has 0 saturated heterocycles. The molecule has 1 heterocycles. The number of hydrogen-bond acceptors (Lipinski definition) is 5. The van der Waals surface area contributed by atoms with E-state index in [1.54, 1.807) is 26.0 Å². The Bertz CT molecular complexity index is 675. The first kappa shape index (κ1) is 13.5. The van der Waals surface area contributed by atoms with Crippen LogP contribution in [0.5, 0.6) is 5.88 Å². The third-order valence-electron chi connectivity index (χ3n) is 2.59. The summed E-state index contributed by atoms with van der Waals surface area (Å²) in [5.74, 6) is 0.156. The second-order valence-electron chi connectivity index (χ2n) is 4.07. The van der Waals surface area contributed by atoms with Crippen LogP contribution in [0.15, 0.2) is 29.2 Å². The summed E-state index contributed by atoms with van der Waals surface area (Å²) in [7, 11) is -3.77. The molecule has 0 aliphatic carbocycles. The number of aryl methyl sites for hydroxylation is 2. The maximum Gasteiger partial charge on any atom is 0.287 e. The fraction of sp³-hybridized carbons (Fsp3) is 0.333. The molecule has 6 nitrogen and oxygen atoms in total. The normalized spacial score (nSPS) is 11.5. The lowest BCUT2D eigenvalue weighted by atomic mass is 10.2. The van der Waals surface area contributed by atoms with Crippen molar-refractivity contribution in [2.75, 3.05) is 6.61 Å². The molecular formula is C12H15N3O3S. The van der Waals surface area contributed by atoms with E-state index in [9.17, 15) is 8.42 Å². The summed E-state index contributed by atoms with van der Waals surface area (Å²) in [6.07, 6.45) is 0. The van der Waals surface area contributed by atoms with E-state index in [1.165, 1.54) is 12.1 Å². The highest BCUT2D eigenvalue weighted by atomic mass is 32.2. The largest absolute Gasteiger partial charge is 0.476 e. The average Bonchev–Trinajstić information content (AvgIpc) is 2.73. The topological polar surface area (TPSA) is 74.1 Å². The molecule has 0 bridgehead atoms. The van der Waals surface area contributed by atoms with Gasteiger partial charge in [0.05, 0.1) is 11.5 Å². The van der Waals surface area contributed by atoms with Crippen molar-refractivity contribution in [3.05, 3.63) is 35.5 Å². The number of nitrogens with zero attached hydrogens (tertiary/aromatic N) is 3. The van der Waals surface area contributed by atoms with Crippen LogP contribution in [0.1, 0.15) is 18.2 Å². The summed E-state index contributed by atoms with van der Waals surface area (Å²) < 4.78 is 31.0. The molecule has 19 heavy (non-hydrogen) atoms. The van der Waals surface area contributed by atoms with Crippen LogP contribution < -0.4 is 4.74 Å². The molecule has 0 amide bonds. The van der Waals surface area contributed by atoms with Crippen molar-refractivity contribution >= 4 is 10.0 Å². The van der Waals surface area contributed by atoms with Crippen molar-refractivity contribution < 1.29 is 13.2 Å². The number of aromatic nitrogens is 3. The molecule has 2 rings (SSSR count). The highest BCUT2D eigenvalue weighted by Gasteiger charge is 2.24. The lowest BCUT2D eigenvalue weighted by Gasteiger charge is -2.08. The van der Waals surface area contributed by atoms with Gasteiger partial charge in [-0.25, -0.2) is 0 Å². The van der Waals surface area contributed by atoms with E-state index < -0.39 is 10.0 Å². The van der Waals surface area contributed by atoms with Crippen molar-refractivity contribution in [1.82, 2.24) is 14.4 Å². The van der Waals surface area contributed by atoms with Gasteiger partial charge in [-0.3, -0.25) is 0 Å². The first-order valence-electron chi connectivity index (χ1n) is 5.84. The predicted octanol–water partition coefficient (Wildman–Crippen LogP) is 1.53. The standard InChI is InChI=1S/C12H15N3O3S/c1-4-18-12-10(3)13-14-15(12)19(16,17)11-7-5-9(2)6-8-11/h5-8H,4H2,1-3H3. The monoisotopic (exact) mass is 281 g/mol. The van der Waals surface area contributed by atoms with E-state index in [1.807, 2.05) is 6.92 Å². The zero-order valence-corrected chi connectivity index (χ0v) is 11.8. The number of benzene rings is 1. The number of hydrogen-bond donors (Lipinski definition) is 0. The van der Waals surface area contributed by atoms with Crippen LogP contribution in [0, 0.1) is 13.8 Å². The summed E-state index contributed by atoms with van der Waals surface area (Å²) in [4.78, 5) is 0.156. The Labute approximate surface area is 112 Å². The average molecular weight is 281 g/mol. The van der Waals surface area contributed by atoms with Crippen LogP contribution in [-0.4, -0.2) is 29.4 Å². The molecule has 0 aliphatic rings. The molecule has 7 heteroatoms. The Morgan fingerprint density at radius 3 is 2.42 bits per heavy atom. The number of ether oxygens (including phenoxy) is 1. The SMILES string of the molecule is CCOc1c(C)nnn1S(=O)(=O)c1ccc(C)cc1. The molecule has 0 atom stereocenters.